The van der Waals surface area contributed by atoms with Crippen molar-refractivity contribution in [2.45, 2.75) is 37.8 Å². The van der Waals surface area contributed by atoms with E-state index in [1.54, 1.807) is 19.1 Å². The van der Waals surface area contributed by atoms with Crippen molar-refractivity contribution in [2.24, 2.45) is 0 Å². The van der Waals surface area contributed by atoms with Crippen LogP contribution in [-0.2, 0) is 4.79 Å². The fourth-order valence-electron chi connectivity index (χ4n) is 4.09. The van der Waals surface area contributed by atoms with E-state index < -0.39 is 0 Å². The van der Waals surface area contributed by atoms with Gasteiger partial charge in [-0.1, -0.05) is 12.1 Å². The molecule has 1 aromatic carbocycles. The van der Waals surface area contributed by atoms with Gasteiger partial charge in [0.2, 0.25) is 5.91 Å². The third-order valence-electron chi connectivity index (χ3n) is 5.57. The number of methoxy groups -OCH3 is 1. The highest BCUT2D eigenvalue weighted by molar-refractivity contribution is 5.87. The number of hydrogen-bond donors (Lipinski definition) is 2. The number of benzene rings is 1. The van der Waals surface area contributed by atoms with Crippen LogP contribution in [0.15, 0.2) is 24.3 Å². The second-order valence-electron chi connectivity index (χ2n) is 7.19. The molecule has 2 saturated heterocycles. The summed E-state index contributed by atoms with van der Waals surface area (Å²) in [5, 5.41) is 5.73. The van der Waals surface area contributed by atoms with Gasteiger partial charge in [0.15, 0.2) is 0 Å². The van der Waals surface area contributed by atoms with Gasteiger partial charge in [-0.05, 0) is 56.5 Å². The Labute approximate surface area is 161 Å². The molecular formula is C20H30N4O3. The second kappa shape index (κ2) is 9.08. The summed E-state index contributed by atoms with van der Waals surface area (Å²) in [5.74, 6) is 0.730. The number of hydrogen-bond acceptors (Lipinski definition) is 4. The summed E-state index contributed by atoms with van der Waals surface area (Å²) in [6, 6.07) is 7.62. The maximum absolute atomic E-state index is 12.7. The van der Waals surface area contributed by atoms with Crippen LogP contribution in [0, 0.1) is 0 Å². The number of carbonyl (C=O) groups is 2. The Kier molecular flexibility index (Phi) is 6.55. The highest BCUT2D eigenvalue weighted by Crippen LogP contribution is 2.27. The van der Waals surface area contributed by atoms with E-state index in [0.29, 0.717) is 13.1 Å². The molecule has 2 atom stereocenters. The van der Waals surface area contributed by atoms with E-state index in [0.717, 1.165) is 37.2 Å². The topological polar surface area (TPSA) is 73.9 Å². The van der Waals surface area contributed by atoms with Crippen molar-refractivity contribution in [3.63, 3.8) is 0 Å². The van der Waals surface area contributed by atoms with Gasteiger partial charge in [-0.25, -0.2) is 4.79 Å². The van der Waals surface area contributed by atoms with E-state index in [-0.39, 0.29) is 24.0 Å². The highest BCUT2D eigenvalue weighted by atomic mass is 16.5. The van der Waals surface area contributed by atoms with Crippen LogP contribution in [0.2, 0.25) is 0 Å². The average molecular weight is 374 g/mol. The molecule has 0 aliphatic carbocycles. The molecule has 3 rings (SSSR count). The summed E-state index contributed by atoms with van der Waals surface area (Å²) >= 11 is 0. The normalized spacial score (nSPS) is 21.1. The van der Waals surface area contributed by atoms with Crippen LogP contribution in [0.3, 0.4) is 0 Å². The molecule has 0 aromatic heterocycles. The molecule has 0 radical (unpaired) electrons. The first-order valence-electron chi connectivity index (χ1n) is 9.78. The van der Waals surface area contributed by atoms with Crippen molar-refractivity contribution in [3.8, 4) is 5.75 Å². The molecule has 2 aliphatic rings. The lowest BCUT2D eigenvalue weighted by atomic mass is 10.1. The van der Waals surface area contributed by atoms with E-state index in [9.17, 15) is 9.59 Å². The standard InChI is InChI=1S/C20H30N4O3/c1-21-19(25)17-9-6-12-24(17)20(26)22-14-18(23-10-3-4-11-23)15-7-5-8-16(13-15)27-2/h5,7-8,13,17-18H,3-4,6,9-12,14H2,1-2H3,(H,21,25)(H,22,26). The minimum absolute atomic E-state index is 0.0912. The van der Waals surface area contributed by atoms with Crippen LogP contribution in [0.1, 0.15) is 37.3 Å². The lowest BCUT2D eigenvalue weighted by molar-refractivity contribution is -0.124. The fraction of sp³-hybridized carbons (Fsp3) is 0.600. The van der Waals surface area contributed by atoms with Crippen LogP contribution in [0.25, 0.3) is 0 Å². The Morgan fingerprint density at radius 3 is 2.70 bits per heavy atom. The number of carbonyl (C=O) groups excluding carboxylic acids is 2. The van der Waals surface area contributed by atoms with Crippen LogP contribution in [0.5, 0.6) is 5.75 Å². The van der Waals surface area contributed by atoms with Crippen molar-refractivity contribution >= 4 is 11.9 Å². The zero-order valence-electron chi connectivity index (χ0n) is 16.2. The van der Waals surface area contributed by atoms with Crippen molar-refractivity contribution in [3.05, 3.63) is 29.8 Å². The maximum atomic E-state index is 12.7. The number of ether oxygens (including phenoxy) is 1. The van der Waals surface area contributed by atoms with Gasteiger partial charge in [0.05, 0.1) is 13.2 Å². The van der Waals surface area contributed by atoms with E-state index >= 15 is 0 Å². The monoisotopic (exact) mass is 374 g/mol. The van der Waals surface area contributed by atoms with Crippen molar-refractivity contribution < 1.29 is 14.3 Å². The van der Waals surface area contributed by atoms with Crippen molar-refractivity contribution in [2.75, 3.05) is 40.3 Å². The van der Waals surface area contributed by atoms with E-state index in [2.05, 4.69) is 21.6 Å². The predicted molar refractivity (Wildman–Crippen MR) is 104 cm³/mol. The first kappa shape index (κ1) is 19.5. The molecule has 0 bridgehead atoms. The zero-order valence-corrected chi connectivity index (χ0v) is 16.2. The molecule has 3 amide bonds. The van der Waals surface area contributed by atoms with E-state index in [1.165, 1.54) is 12.8 Å². The summed E-state index contributed by atoms with van der Waals surface area (Å²) in [6.07, 6.45) is 3.94. The van der Waals surface area contributed by atoms with Gasteiger partial charge in [0, 0.05) is 20.1 Å². The third kappa shape index (κ3) is 4.53. The Balaban J connectivity index is 1.69. The molecule has 7 heteroatoms. The van der Waals surface area contributed by atoms with Crippen LogP contribution in [0.4, 0.5) is 4.79 Å². The minimum atomic E-state index is -0.364. The molecule has 2 fully saturated rings. The molecule has 2 aliphatic heterocycles. The third-order valence-corrected chi connectivity index (χ3v) is 5.57. The number of likely N-dealkylation sites (N-methyl/N-ethyl adjacent to an activating group) is 1. The Morgan fingerprint density at radius 1 is 1.22 bits per heavy atom. The van der Waals surface area contributed by atoms with E-state index in [4.69, 9.17) is 4.74 Å². The van der Waals surface area contributed by atoms with Gasteiger partial charge in [0.25, 0.3) is 0 Å². The number of urea groups is 1. The fourth-order valence-corrected chi connectivity index (χ4v) is 4.09. The average Bonchev–Trinajstić information content (AvgIpc) is 3.39. The Bertz CT molecular complexity index is 660. The molecule has 2 heterocycles. The van der Waals surface area contributed by atoms with Crippen LogP contribution in [-0.4, -0.2) is 68.1 Å². The molecular weight excluding hydrogens is 344 g/mol. The molecule has 0 spiro atoms. The molecule has 2 unspecified atom stereocenters. The molecule has 1 aromatic rings. The van der Waals surface area contributed by atoms with Crippen molar-refractivity contribution in [1.29, 1.82) is 0 Å². The van der Waals surface area contributed by atoms with Gasteiger partial charge < -0.3 is 20.3 Å². The lowest BCUT2D eigenvalue weighted by Gasteiger charge is -2.30. The highest BCUT2D eigenvalue weighted by Gasteiger charge is 2.34. The Morgan fingerprint density at radius 2 is 2.00 bits per heavy atom. The molecule has 2 N–H and O–H groups in total. The van der Waals surface area contributed by atoms with Gasteiger partial charge in [-0.15, -0.1) is 0 Å². The summed E-state index contributed by atoms with van der Waals surface area (Å²) in [4.78, 5) is 28.8. The summed E-state index contributed by atoms with van der Waals surface area (Å²) < 4.78 is 5.37. The number of likely N-dealkylation sites (tertiary alicyclic amines) is 2. The first-order valence-corrected chi connectivity index (χ1v) is 9.78. The second-order valence-corrected chi connectivity index (χ2v) is 7.19. The zero-order chi connectivity index (χ0) is 19.2. The quantitative estimate of drug-likeness (QED) is 0.796. The van der Waals surface area contributed by atoms with Gasteiger partial charge in [0.1, 0.15) is 11.8 Å². The number of nitrogens with one attached hydrogen (secondary N) is 2. The summed E-state index contributed by atoms with van der Waals surface area (Å²) in [5.41, 5.74) is 1.14. The summed E-state index contributed by atoms with van der Waals surface area (Å²) in [6.45, 7) is 3.20. The SMILES string of the molecule is CNC(=O)C1CCCN1C(=O)NCC(c1cccc(OC)c1)N1CCCC1. The molecule has 0 saturated carbocycles. The number of nitrogens with zero attached hydrogens (tertiary/aromatic N) is 2. The first-order chi connectivity index (χ1) is 13.1. The van der Waals surface area contributed by atoms with Crippen LogP contribution < -0.4 is 15.4 Å². The van der Waals surface area contributed by atoms with Gasteiger partial charge in [-0.3, -0.25) is 9.69 Å². The number of amides is 3. The van der Waals surface area contributed by atoms with Crippen molar-refractivity contribution in [1.82, 2.24) is 20.4 Å². The summed E-state index contributed by atoms with van der Waals surface area (Å²) in [7, 11) is 3.28. The van der Waals surface area contributed by atoms with E-state index in [1.807, 2.05) is 18.2 Å². The lowest BCUT2D eigenvalue weighted by Crippen LogP contribution is -2.50. The number of rotatable bonds is 6. The predicted octanol–water partition coefficient (Wildman–Crippen LogP) is 1.75. The minimum Gasteiger partial charge on any atom is -0.497 e. The molecule has 148 valence electrons. The molecule has 27 heavy (non-hydrogen) atoms. The Hall–Kier alpha value is -2.28. The largest absolute Gasteiger partial charge is 0.497 e. The smallest absolute Gasteiger partial charge is 0.318 e. The maximum Gasteiger partial charge on any atom is 0.318 e. The van der Waals surface area contributed by atoms with Gasteiger partial charge in [-0.2, -0.15) is 0 Å². The van der Waals surface area contributed by atoms with Gasteiger partial charge >= 0.3 is 6.03 Å². The van der Waals surface area contributed by atoms with Crippen LogP contribution >= 0.6 is 0 Å². The molecule has 7 nitrogen and oxygen atoms in total.